The molecule has 0 amide bonds. The summed E-state index contributed by atoms with van der Waals surface area (Å²) < 4.78 is 5.04. The van der Waals surface area contributed by atoms with Gasteiger partial charge in [-0.05, 0) is 32.2 Å². The monoisotopic (exact) mass is 214 g/mol. The molecule has 1 N–H and O–H groups in total. The highest BCUT2D eigenvalue weighted by molar-refractivity contribution is 4.77. The van der Waals surface area contributed by atoms with Gasteiger partial charge < -0.3 is 15.0 Å². The zero-order valence-electron chi connectivity index (χ0n) is 10.3. The highest BCUT2D eigenvalue weighted by Gasteiger charge is 2.16. The van der Waals surface area contributed by atoms with Crippen molar-refractivity contribution in [3.8, 4) is 0 Å². The zero-order chi connectivity index (χ0) is 10.9. The lowest BCUT2D eigenvalue weighted by atomic mass is 10.1. The van der Waals surface area contributed by atoms with E-state index in [9.17, 15) is 0 Å². The van der Waals surface area contributed by atoms with E-state index in [1.165, 1.54) is 45.3 Å². The standard InChI is InChI=1S/C12H26N2O/c1-3-12-11-14(9-7-13-12)8-5-4-6-10-15-2/h12-13H,3-11H2,1-2H3. The SMILES string of the molecule is CCC1CN(CCCCCOC)CCN1. The Labute approximate surface area is 94.2 Å². The minimum atomic E-state index is 0.720. The van der Waals surface area contributed by atoms with Gasteiger partial charge in [0.15, 0.2) is 0 Å². The predicted molar refractivity (Wildman–Crippen MR) is 64.2 cm³/mol. The van der Waals surface area contributed by atoms with Gasteiger partial charge in [-0.3, -0.25) is 0 Å². The first-order chi connectivity index (χ1) is 7.36. The van der Waals surface area contributed by atoms with Crippen molar-refractivity contribution in [2.75, 3.05) is 39.9 Å². The summed E-state index contributed by atoms with van der Waals surface area (Å²) in [6.07, 6.45) is 5.08. The average molecular weight is 214 g/mol. The lowest BCUT2D eigenvalue weighted by molar-refractivity contribution is 0.178. The van der Waals surface area contributed by atoms with Gasteiger partial charge in [0.05, 0.1) is 0 Å². The van der Waals surface area contributed by atoms with Crippen LogP contribution in [0.5, 0.6) is 0 Å². The first-order valence-electron chi connectivity index (χ1n) is 6.31. The van der Waals surface area contributed by atoms with Crippen LogP contribution < -0.4 is 5.32 Å². The molecule has 3 nitrogen and oxygen atoms in total. The van der Waals surface area contributed by atoms with Gasteiger partial charge in [-0.25, -0.2) is 0 Å². The number of rotatable bonds is 7. The summed E-state index contributed by atoms with van der Waals surface area (Å²) in [6.45, 7) is 8.07. The van der Waals surface area contributed by atoms with Gasteiger partial charge in [0.25, 0.3) is 0 Å². The number of unbranched alkanes of at least 4 members (excludes halogenated alkanes) is 2. The number of nitrogens with one attached hydrogen (secondary N) is 1. The fourth-order valence-corrected chi connectivity index (χ4v) is 2.13. The van der Waals surface area contributed by atoms with Gasteiger partial charge in [0.1, 0.15) is 0 Å². The molecule has 1 atom stereocenters. The molecule has 0 aromatic carbocycles. The van der Waals surface area contributed by atoms with Gasteiger partial charge in [0.2, 0.25) is 0 Å². The Balaban J connectivity index is 2.00. The Bertz CT molecular complexity index is 153. The normalized spacial score (nSPS) is 23.2. The fraction of sp³-hybridized carbons (Fsp3) is 1.00. The number of methoxy groups -OCH3 is 1. The van der Waals surface area contributed by atoms with Crippen molar-refractivity contribution in [3.05, 3.63) is 0 Å². The van der Waals surface area contributed by atoms with Crippen LogP contribution in [0.1, 0.15) is 32.6 Å². The maximum atomic E-state index is 5.04. The van der Waals surface area contributed by atoms with Crippen LogP contribution in [0.25, 0.3) is 0 Å². The Hall–Kier alpha value is -0.120. The zero-order valence-corrected chi connectivity index (χ0v) is 10.3. The van der Waals surface area contributed by atoms with E-state index in [1.807, 2.05) is 0 Å². The van der Waals surface area contributed by atoms with Gasteiger partial charge in [-0.15, -0.1) is 0 Å². The molecule has 0 aromatic rings. The second kappa shape index (κ2) is 8.08. The summed E-state index contributed by atoms with van der Waals surface area (Å²) in [6, 6.07) is 0.720. The maximum absolute atomic E-state index is 5.04. The Morgan fingerprint density at radius 3 is 2.93 bits per heavy atom. The van der Waals surface area contributed by atoms with Crippen molar-refractivity contribution in [1.29, 1.82) is 0 Å². The number of nitrogens with zero attached hydrogens (tertiary/aromatic N) is 1. The van der Waals surface area contributed by atoms with Crippen LogP contribution in [-0.2, 0) is 4.74 Å². The van der Waals surface area contributed by atoms with Crippen LogP contribution >= 0.6 is 0 Å². The second-order valence-corrected chi connectivity index (χ2v) is 4.41. The Morgan fingerprint density at radius 1 is 1.33 bits per heavy atom. The van der Waals surface area contributed by atoms with E-state index in [4.69, 9.17) is 4.74 Å². The lowest BCUT2D eigenvalue weighted by Crippen LogP contribution is -2.50. The van der Waals surface area contributed by atoms with Gasteiger partial charge in [-0.2, -0.15) is 0 Å². The van der Waals surface area contributed by atoms with Crippen molar-refractivity contribution < 1.29 is 4.74 Å². The Morgan fingerprint density at radius 2 is 2.20 bits per heavy atom. The molecule has 3 heteroatoms. The predicted octanol–water partition coefficient (Wildman–Crippen LogP) is 1.49. The highest BCUT2D eigenvalue weighted by Crippen LogP contribution is 2.05. The molecule has 15 heavy (non-hydrogen) atoms. The summed E-state index contributed by atoms with van der Waals surface area (Å²) in [5.41, 5.74) is 0. The van der Waals surface area contributed by atoms with Crippen LogP contribution in [-0.4, -0.2) is 50.8 Å². The molecule has 0 bridgehead atoms. The van der Waals surface area contributed by atoms with E-state index in [1.54, 1.807) is 7.11 Å². The number of piperazine rings is 1. The molecule has 1 rings (SSSR count). The third kappa shape index (κ3) is 5.50. The number of hydrogen-bond donors (Lipinski definition) is 1. The fourth-order valence-electron chi connectivity index (χ4n) is 2.13. The first-order valence-corrected chi connectivity index (χ1v) is 6.31. The van der Waals surface area contributed by atoms with Crippen molar-refractivity contribution in [3.63, 3.8) is 0 Å². The molecule has 1 heterocycles. The van der Waals surface area contributed by atoms with Crippen molar-refractivity contribution in [2.24, 2.45) is 0 Å². The molecule has 1 aliphatic heterocycles. The quantitative estimate of drug-likeness (QED) is 0.650. The minimum absolute atomic E-state index is 0.720. The second-order valence-electron chi connectivity index (χ2n) is 4.41. The highest BCUT2D eigenvalue weighted by atomic mass is 16.5. The maximum Gasteiger partial charge on any atom is 0.0462 e. The van der Waals surface area contributed by atoms with Crippen molar-refractivity contribution in [2.45, 2.75) is 38.6 Å². The van der Waals surface area contributed by atoms with Crippen LogP contribution in [0, 0.1) is 0 Å². The third-order valence-corrected chi connectivity index (χ3v) is 3.16. The molecule has 0 aromatic heterocycles. The van der Waals surface area contributed by atoms with Crippen LogP contribution in [0.3, 0.4) is 0 Å². The molecular weight excluding hydrogens is 188 g/mol. The largest absolute Gasteiger partial charge is 0.385 e. The van der Waals surface area contributed by atoms with E-state index in [-0.39, 0.29) is 0 Å². The Kier molecular flexibility index (Phi) is 6.98. The van der Waals surface area contributed by atoms with Crippen LogP contribution in [0.4, 0.5) is 0 Å². The van der Waals surface area contributed by atoms with Crippen molar-refractivity contribution in [1.82, 2.24) is 10.2 Å². The molecular formula is C12H26N2O. The molecule has 1 unspecified atom stereocenters. The molecule has 1 aliphatic rings. The topological polar surface area (TPSA) is 24.5 Å². The van der Waals surface area contributed by atoms with E-state index in [0.717, 1.165) is 19.2 Å². The van der Waals surface area contributed by atoms with Crippen molar-refractivity contribution >= 4 is 0 Å². The number of ether oxygens (including phenoxy) is 1. The molecule has 0 saturated carbocycles. The van der Waals surface area contributed by atoms with Gasteiger partial charge in [0, 0.05) is 39.4 Å². The van der Waals surface area contributed by atoms with Gasteiger partial charge in [-0.1, -0.05) is 6.92 Å². The summed E-state index contributed by atoms with van der Waals surface area (Å²) in [4.78, 5) is 2.59. The number of hydrogen-bond acceptors (Lipinski definition) is 3. The molecule has 90 valence electrons. The molecule has 1 saturated heterocycles. The molecule has 0 spiro atoms. The summed E-state index contributed by atoms with van der Waals surface area (Å²) in [7, 11) is 1.78. The van der Waals surface area contributed by atoms with E-state index in [0.29, 0.717) is 0 Å². The van der Waals surface area contributed by atoms with Gasteiger partial charge >= 0.3 is 0 Å². The van der Waals surface area contributed by atoms with E-state index in [2.05, 4.69) is 17.1 Å². The molecule has 0 aliphatic carbocycles. The third-order valence-electron chi connectivity index (χ3n) is 3.16. The summed E-state index contributed by atoms with van der Waals surface area (Å²) in [5, 5.41) is 3.55. The average Bonchev–Trinajstić information content (AvgIpc) is 2.29. The van der Waals surface area contributed by atoms with Crippen LogP contribution in [0.15, 0.2) is 0 Å². The molecule has 0 radical (unpaired) electrons. The minimum Gasteiger partial charge on any atom is -0.385 e. The first kappa shape index (κ1) is 12.9. The summed E-state index contributed by atoms with van der Waals surface area (Å²) >= 11 is 0. The lowest BCUT2D eigenvalue weighted by Gasteiger charge is -2.33. The van der Waals surface area contributed by atoms with Crippen LogP contribution in [0.2, 0.25) is 0 Å². The van der Waals surface area contributed by atoms with E-state index < -0.39 is 0 Å². The smallest absolute Gasteiger partial charge is 0.0462 e. The summed E-state index contributed by atoms with van der Waals surface area (Å²) in [5.74, 6) is 0. The van der Waals surface area contributed by atoms with E-state index >= 15 is 0 Å². The molecule has 1 fully saturated rings.